The zero-order valence-corrected chi connectivity index (χ0v) is 14.0. The van der Waals surface area contributed by atoms with Gasteiger partial charge in [0.15, 0.2) is 11.5 Å². The van der Waals surface area contributed by atoms with Gasteiger partial charge in [0, 0.05) is 41.3 Å². The van der Waals surface area contributed by atoms with Gasteiger partial charge in [0.2, 0.25) is 0 Å². The summed E-state index contributed by atoms with van der Waals surface area (Å²) in [7, 11) is 0. The second-order valence-electron chi connectivity index (χ2n) is 5.33. The van der Waals surface area contributed by atoms with Gasteiger partial charge in [0.1, 0.15) is 6.61 Å². The lowest BCUT2D eigenvalue weighted by atomic mass is 10.1. The van der Waals surface area contributed by atoms with Gasteiger partial charge >= 0.3 is 0 Å². The fourth-order valence-electron chi connectivity index (χ4n) is 2.45. The van der Waals surface area contributed by atoms with Gasteiger partial charge in [-0.1, -0.05) is 16.8 Å². The van der Waals surface area contributed by atoms with Crippen molar-refractivity contribution in [1.29, 1.82) is 0 Å². The van der Waals surface area contributed by atoms with Crippen molar-refractivity contribution in [2.24, 2.45) is 0 Å². The van der Waals surface area contributed by atoms with E-state index in [9.17, 15) is 4.79 Å². The van der Waals surface area contributed by atoms with E-state index in [2.05, 4.69) is 15.5 Å². The quantitative estimate of drug-likeness (QED) is 0.687. The molecule has 7 heteroatoms. The van der Waals surface area contributed by atoms with Crippen LogP contribution in [-0.4, -0.2) is 29.2 Å². The number of ether oxygens (including phenoxy) is 1. The molecule has 0 aliphatic rings. The highest BCUT2D eigenvalue weighted by molar-refractivity contribution is 6.31. The summed E-state index contributed by atoms with van der Waals surface area (Å²) < 4.78 is 10.3. The average Bonchev–Trinajstić information content (AvgIpc) is 3.20. The van der Waals surface area contributed by atoms with Crippen molar-refractivity contribution >= 4 is 28.4 Å². The van der Waals surface area contributed by atoms with Crippen molar-refractivity contribution in [1.82, 2.24) is 15.5 Å². The predicted molar refractivity (Wildman–Crippen MR) is 91.2 cm³/mol. The maximum atomic E-state index is 12.1. The number of amides is 1. The van der Waals surface area contributed by atoms with E-state index in [1.54, 1.807) is 6.07 Å². The number of H-pyrrole nitrogens is 1. The third-order valence-electron chi connectivity index (χ3n) is 3.65. The summed E-state index contributed by atoms with van der Waals surface area (Å²) in [6.45, 7) is 3.28. The highest BCUT2D eigenvalue weighted by Crippen LogP contribution is 2.22. The van der Waals surface area contributed by atoms with Gasteiger partial charge < -0.3 is 19.6 Å². The number of aromatic amines is 1. The van der Waals surface area contributed by atoms with Gasteiger partial charge in [-0.3, -0.25) is 4.79 Å². The lowest BCUT2D eigenvalue weighted by molar-refractivity contribution is 0.0942. The minimum absolute atomic E-state index is 0.256. The van der Waals surface area contributed by atoms with Crippen LogP contribution in [0.15, 0.2) is 35.0 Å². The molecule has 3 aromatic rings. The minimum Gasteiger partial charge on any atom is -0.374 e. The lowest BCUT2D eigenvalue weighted by Gasteiger charge is -2.02. The Hall–Kier alpha value is -2.31. The molecule has 3 rings (SSSR count). The molecule has 0 saturated carbocycles. The Morgan fingerprint density at radius 2 is 2.29 bits per heavy atom. The summed E-state index contributed by atoms with van der Waals surface area (Å²) in [6.07, 6.45) is 2.62. The van der Waals surface area contributed by atoms with Crippen molar-refractivity contribution < 1.29 is 14.1 Å². The van der Waals surface area contributed by atoms with Crippen LogP contribution in [0.25, 0.3) is 10.9 Å². The maximum Gasteiger partial charge on any atom is 0.273 e. The molecule has 2 aromatic heterocycles. The van der Waals surface area contributed by atoms with Crippen LogP contribution in [0.5, 0.6) is 0 Å². The number of carbonyl (C=O) groups excluding carboxylic acids is 1. The van der Waals surface area contributed by atoms with Crippen LogP contribution in [0, 0.1) is 0 Å². The van der Waals surface area contributed by atoms with Crippen LogP contribution in [0.4, 0.5) is 0 Å². The molecule has 0 atom stereocenters. The van der Waals surface area contributed by atoms with Crippen LogP contribution in [0.1, 0.15) is 28.7 Å². The molecule has 24 heavy (non-hydrogen) atoms. The van der Waals surface area contributed by atoms with E-state index in [0.29, 0.717) is 37.0 Å². The van der Waals surface area contributed by atoms with Gasteiger partial charge in [-0.25, -0.2) is 0 Å². The van der Waals surface area contributed by atoms with Crippen molar-refractivity contribution in [2.45, 2.75) is 20.0 Å². The first-order valence-corrected chi connectivity index (χ1v) is 8.12. The fourth-order valence-corrected chi connectivity index (χ4v) is 2.62. The molecule has 126 valence electrons. The number of nitrogens with zero attached hydrogens (tertiary/aromatic N) is 1. The summed E-state index contributed by atoms with van der Waals surface area (Å²) in [4.78, 5) is 15.3. The van der Waals surface area contributed by atoms with E-state index in [1.165, 1.54) is 0 Å². The molecule has 0 fully saturated rings. The molecule has 0 saturated heterocycles. The molecule has 0 aliphatic heterocycles. The molecule has 0 radical (unpaired) electrons. The molecule has 0 bridgehead atoms. The number of nitrogens with one attached hydrogen (secondary N) is 2. The standard InChI is InChI=1S/C17H18ClN3O3/c1-2-23-10-13-8-16(21-24-13)17(22)19-6-5-11-9-20-15-4-3-12(18)7-14(11)15/h3-4,7-9,20H,2,5-6,10H2,1H3,(H,19,22). The van der Waals surface area contributed by atoms with Crippen LogP contribution in [0.3, 0.4) is 0 Å². The highest BCUT2D eigenvalue weighted by atomic mass is 35.5. The molecule has 2 N–H and O–H groups in total. The maximum absolute atomic E-state index is 12.1. The monoisotopic (exact) mass is 347 g/mol. The van der Waals surface area contributed by atoms with Gasteiger partial charge in [-0.15, -0.1) is 0 Å². The SMILES string of the molecule is CCOCc1cc(C(=O)NCCc2c[nH]c3ccc(Cl)cc23)no1. The van der Waals surface area contributed by atoms with Gasteiger partial charge in [-0.2, -0.15) is 0 Å². The van der Waals surface area contributed by atoms with Crippen LogP contribution in [0.2, 0.25) is 5.02 Å². The van der Waals surface area contributed by atoms with E-state index in [0.717, 1.165) is 16.5 Å². The Morgan fingerprint density at radius 3 is 3.12 bits per heavy atom. The summed E-state index contributed by atoms with van der Waals surface area (Å²) >= 11 is 6.04. The Morgan fingerprint density at radius 1 is 1.42 bits per heavy atom. The van der Waals surface area contributed by atoms with E-state index in [-0.39, 0.29) is 11.6 Å². The molecular formula is C17H18ClN3O3. The smallest absolute Gasteiger partial charge is 0.273 e. The normalized spacial score (nSPS) is 11.1. The number of hydrogen-bond donors (Lipinski definition) is 2. The molecule has 1 amide bonds. The molecule has 0 unspecified atom stereocenters. The zero-order valence-electron chi connectivity index (χ0n) is 13.3. The third kappa shape index (κ3) is 3.77. The Kier molecular flexibility index (Phi) is 5.17. The minimum atomic E-state index is -0.264. The van der Waals surface area contributed by atoms with E-state index in [4.69, 9.17) is 20.9 Å². The molecule has 0 spiro atoms. The molecule has 6 nitrogen and oxygen atoms in total. The molecule has 2 heterocycles. The van der Waals surface area contributed by atoms with Crippen molar-refractivity contribution in [3.8, 4) is 0 Å². The summed E-state index contributed by atoms with van der Waals surface area (Å²) in [6, 6.07) is 7.30. The van der Waals surface area contributed by atoms with E-state index < -0.39 is 0 Å². The number of halogens is 1. The number of hydrogen-bond acceptors (Lipinski definition) is 4. The number of carbonyl (C=O) groups is 1. The van der Waals surface area contributed by atoms with Crippen LogP contribution in [-0.2, 0) is 17.8 Å². The zero-order chi connectivity index (χ0) is 16.9. The van der Waals surface area contributed by atoms with Crippen LogP contribution < -0.4 is 5.32 Å². The van der Waals surface area contributed by atoms with Crippen LogP contribution >= 0.6 is 11.6 Å². The fraction of sp³-hybridized carbons (Fsp3) is 0.294. The first kappa shape index (κ1) is 16.5. The number of benzene rings is 1. The van der Waals surface area contributed by atoms with Gasteiger partial charge in [0.25, 0.3) is 5.91 Å². The van der Waals surface area contributed by atoms with E-state index in [1.807, 2.05) is 31.3 Å². The topological polar surface area (TPSA) is 80.1 Å². The Labute approximate surface area is 144 Å². The van der Waals surface area contributed by atoms with Crippen molar-refractivity contribution in [3.63, 3.8) is 0 Å². The summed E-state index contributed by atoms with van der Waals surface area (Å²) in [5.41, 5.74) is 2.38. The first-order valence-electron chi connectivity index (χ1n) is 7.74. The van der Waals surface area contributed by atoms with Crippen molar-refractivity contribution in [2.75, 3.05) is 13.2 Å². The molecule has 0 aliphatic carbocycles. The largest absolute Gasteiger partial charge is 0.374 e. The third-order valence-corrected chi connectivity index (χ3v) is 3.88. The van der Waals surface area contributed by atoms with Crippen molar-refractivity contribution in [3.05, 3.63) is 52.5 Å². The predicted octanol–water partition coefficient (Wildman–Crippen LogP) is 3.32. The average molecular weight is 348 g/mol. The van der Waals surface area contributed by atoms with Gasteiger partial charge in [0.05, 0.1) is 0 Å². The van der Waals surface area contributed by atoms with E-state index >= 15 is 0 Å². The lowest BCUT2D eigenvalue weighted by Crippen LogP contribution is -2.25. The second-order valence-corrected chi connectivity index (χ2v) is 5.76. The Bertz CT molecular complexity index is 841. The molecule has 1 aromatic carbocycles. The Balaban J connectivity index is 1.56. The second kappa shape index (κ2) is 7.51. The molecular weight excluding hydrogens is 330 g/mol. The highest BCUT2D eigenvalue weighted by Gasteiger charge is 2.12. The first-order chi connectivity index (χ1) is 11.7. The number of rotatable bonds is 7. The number of aromatic nitrogens is 2. The van der Waals surface area contributed by atoms with Gasteiger partial charge in [-0.05, 0) is 37.1 Å². The number of fused-ring (bicyclic) bond motifs is 1. The summed E-state index contributed by atoms with van der Waals surface area (Å²) in [5.74, 6) is 0.271. The summed E-state index contributed by atoms with van der Waals surface area (Å²) in [5, 5.41) is 8.35.